The van der Waals surface area contributed by atoms with Crippen LogP contribution >= 0.6 is 0 Å². The minimum atomic E-state index is -0.322. The zero-order valence-electron chi connectivity index (χ0n) is 15.6. The number of nitrogens with zero attached hydrogens (tertiary/aromatic N) is 3. The van der Waals surface area contributed by atoms with Crippen molar-refractivity contribution in [3.8, 4) is 5.69 Å². The van der Waals surface area contributed by atoms with Crippen molar-refractivity contribution in [3.63, 3.8) is 0 Å². The summed E-state index contributed by atoms with van der Waals surface area (Å²) < 4.78 is 20.5. The molecule has 2 aromatic heterocycles. The molecule has 3 aromatic rings. The van der Waals surface area contributed by atoms with Gasteiger partial charge in [0, 0.05) is 12.2 Å². The molecule has 0 radical (unpaired) electrons. The lowest BCUT2D eigenvalue weighted by atomic mass is 10.1. The number of likely N-dealkylation sites (tertiary alicyclic amines) is 1. The van der Waals surface area contributed by atoms with E-state index in [1.165, 1.54) is 24.8 Å². The van der Waals surface area contributed by atoms with Crippen LogP contribution in [0.1, 0.15) is 41.6 Å². The summed E-state index contributed by atoms with van der Waals surface area (Å²) in [6.07, 6.45) is 8.28. The molecule has 1 unspecified atom stereocenters. The highest BCUT2D eigenvalue weighted by Crippen LogP contribution is 2.24. The summed E-state index contributed by atoms with van der Waals surface area (Å²) in [7, 11) is 0. The molecule has 146 valence electrons. The molecule has 3 heterocycles. The van der Waals surface area contributed by atoms with Crippen molar-refractivity contribution in [3.05, 3.63) is 72.5 Å². The van der Waals surface area contributed by atoms with Crippen LogP contribution in [0.2, 0.25) is 0 Å². The molecule has 1 N–H and O–H groups in total. The lowest BCUT2D eigenvalue weighted by Crippen LogP contribution is -2.40. The van der Waals surface area contributed by atoms with E-state index in [0.29, 0.717) is 17.9 Å². The van der Waals surface area contributed by atoms with Crippen LogP contribution in [-0.2, 0) is 0 Å². The number of nitrogens with one attached hydrogen (secondary N) is 1. The van der Waals surface area contributed by atoms with Gasteiger partial charge >= 0.3 is 0 Å². The number of halogens is 1. The number of aromatic nitrogens is 2. The first-order valence-electron chi connectivity index (χ1n) is 9.56. The average molecular weight is 382 g/mol. The van der Waals surface area contributed by atoms with Crippen molar-refractivity contribution in [2.75, 3.05) is 19.6 Å². The van der Waals surface area contributed by atoms with Gasteiger partial charge in [-0.1, -0.05) is 6.42 Å². The molecule has 1 atom stereocenters. The summed E-state index contributed by atoms with van der Waals surface area (Å²) in [5, 5.41) is 3.02. The molecule has 4 rings (SSSR count). The smallest absolute Gasteiger partial charge is 0.269 e. The maximum atomic E-state index is 13.2. The fourth-order valence-corrected chi connectivity index (χ4v) is 3.67. The second-order valence-electron chi connectivity index (χ2n) is 6.96. The molecule has 1 aliphatic heterocycles. The molecule has 0 aliphatic carbocycles. The molecule has 1 aromatic carbocycles. The van der Waals surface area contributed by atoms with Crippen LogP contribution in [0.3, 0.4) is 0 Å². The molecule has 6 nitrogen and oxygen atoms in total. The van der Waals surface area contributed by atoms with E-state index in [0.717, 1.165) is 31.7 Å². The van der Waals surface area contributed by atoms with E-state index in [1.54, 1.807) is 29.3 Å². The van der Waals surface area contributed by atoms with Crippen molar-refractivity contribution >= 4 is 5.91 Å². The van der Waals surface area contributed by atoms with Crippen LogP contribution in [0.5, 0.6) is 0 Å². The lowest BCUT2D eigenvalue weighted by molar-refractivity contribution is 0.0907. The van der Waals surface area contributed by atoms with E-state index >= 15 is 0 Å². The van der Waals surface area contributed by atoms with Crippen LogP contribution in [0.4, 0.5) is 4.39 Å². The lowest BCUT2D eigenvalue weighted by Gasteiger charge is -2.33. The zero-order valence-corrected chi connectivity index (χ0v) is 15.6. The molecule has 28 heavy (non-hydrogen) atoms. The van der Waals surface area contributed by atoms with E-state index in [1.807, 2.05) is 12.1 Å². The van der Waals surface area contributed by atoms with Crippen molar-refractivity contribution < 1.29 is 13.6 Å². The maximum Gasteiger partial charge on any atom is 0.269 e. The van der Waals surface area contributed by atoms with Gasteiger partial charge < -0.3 is 9.73 Å². The number of hydrogen-bond acceptors (Lipinski definition) is 4. The van der Waals surface area contributed by atoms with Gasteiger partial charge in [-0.2, -0.15) is 0 Å². The molecule has 1 fully saturated rings. The summed E-state index contributed by atoms with van der Waals surface area (Å²) >= 11 is 0. The van der Waals surface area contributed by atoms with Crippen LogP contribution in [0, 0.1) is 5.82 Å². The van der Waals surface area contributed by atoms with Crippen LogP contribution in [-0.4, -0.2) is 40.0 Å². The SMILES string of the molecule is O=C(NCC(c1ccco1)N1CCCCC1)c1cncn1-c1ccc(F)cc1. The predicted octanol–water partition coefficient (Wildman–Crippen LogP) is 3.56. The van der Waals surface area contributed by atoms with Gasteiger partial charge in [0.2, 0.25) is 0 Å². The molecule has 1 saturated heterocycles. The Kier molecular flexibility index (Phi) is 5.53. The Morgan fingerprint density at radius 2 is 1.96 bits per heavy atom. The Balaban J connectivity index is 1.48. The Bertz CT molecular complexity index is 899. The fraction of sp³-hybridized carbons (Fsp3) is 0.333. The molecule has 0 saturated carbocycles. The Morgan fingerprint density at radius 3 is 2.68 bits per heavy atom. The quantitative estimate of drug-likeness (QED) is 0.708. The normalized spacial score (nSPS) is 16.0. The highest BCUT2D eigenvalue weighted by molar-refractivity contribution is 5.93. The first-order chi connectivity index (χ1) is 13.7. The number of benzene rings is 1. The van der Waals surface area contributed by atoms with Gasteiger partial charge in [0.25, 0.3) is 5.91 Å². The van der Waals surface area contributed by atoms with Gasteiger partial charge in [0.05, 0.1) is 24.8 Å². The number of hydrogen-bond donors (Lipinski definition) is 1. The molecule has 1 amide bonds. The number of carbonyl (C=O) groups excluding carboxylic acids is 1. The number of piperidine rings is 1. The standard InChI is InChI=1S/C21H23FN4O2/c22-16-6-8-17(9-7-16)26-15-23-13-19(26)21(27)24-14-18(20-5-4-12-28-20)25-10-2-1-3-11-25/h4-9,12-13,15,18H,1-3,10-11,14H2,(H,24,27). The summed E-state index contributed by atoms with van der Waals surface area (Å²) in [6.45, 7) is 2.43. The van der Waals surface area contributed by atoms with Crippen molar-refractivity contribution in [2.45, 2.75) is 25.3 Å². The van der Waals surface area contributed by atoms with Gasteiger partial charge in [-0.05, 0) is 62.3 Å². The average Bonchev–Trinajstić information content (AvgIpc) is 3.42. The van der Waals surface area contributed by atoms with Gasteiger partial charge in [-0.3, -0.25) is 14.3 Å². The third-order valence-corrected chi connectivity index (χ3v) is 5.13. The van der Waals surface area contributed by atoms with E-state index in [4.69, 9.17) is 4.42 Å². The van der Waals surface area contributed by atoms with Crippen molar-refractivity contribution in [1.29, 1.82) is 0 Å². The van der Waals surface area contributed by atoms with E-state index in [9.17, 15) is 9.18 Å². The summed E-state index contributed by atoms with van der Waals surface area (Å²) in [5.41, 5.74) is 1.09. The molecular formula is C21H23FN4O2. The first-order valence-corrected chi connectivity index (χ1v) is 9.56. The second-order valence-corrected chi connectivity index (χ2v) is 6.96. The number of rotatable bonds is 6. The van der Waals surface area contributed by atoms with Crippen LogP contribution in [0.25, 0.3) is 5.69 Å². The second kappa shape index (κ2) is 8.39. The fourth-order valence-electron chi connectivity index (χ4n) is 3.67. The molecule has 0 bridgehead atoms. The van der Waals surface area contributed by atoms with E-state index < -0.39 is 0 Å². The van der Waals surface area contributed by atoms with Crippen LogP contribution in [0.15, 0.2) is 59.6 Å². The third kappa shape index (κ3) is 3.99. The van der Waals surface area contributed by atoms with E-state index in [2.05, 4.69) is 15.2 Å². The Morgan fingerprint density at radius 1 is 1.18 bits per heavy atom. The molecular weight excluding hydrogens is 359 g/mol. The van der Waals surface area contributed by atoms with E-state index in [-0.39, 0.29) is 17.8 Å². The molecule has 1 aliphatic rings. The number of amides is 1. The monoisotopic (exact) mass is 382 g/mol. The van der Waals surface area contributed by atoms with Gasteiger partial charge in [0.15, 0.2) is 0 Å². The third-order valence-electron chi connectivity index (χ3n) is 5.13. The first kappa shape index (κ1) is 18.4. The van der Waals surface area contributed by atoms with Crippen LogP contribution < -0.4 is 5.32 Å². The Hall–Kier alpha value is -2.93. The Labute approximate surface area is 163 Å². The summed E-state index contributed by atoms with van der Waals surface area (Å²) in [6, 6.07) is 9.79. The predicted molar refractivity (Wildman–Crippen MR) is 103 cm³/mol. The minimum absolute atomic E-state index is 0.00134. The minimum Gasteiger partial charge on any atom is -0.468 e. The van der Waals surface area contributed by atoms with Gasteiger partial charge in [-0.25, -0.2) is 9.37 Å². The summed E-state index contributed by atoms with van der Waals surface area (Å²) in [4.78, 5) is 19.3. The van der Waals surface area contributed by atoms with Gasteiger partial charge in [0.1, 0.15) is 17.3 Å². The highest BCUT2D eigenvalue weighted by Gasteiger charge is 2.25. The molecule has 0 spiro atoms. The largest absolute Gasteiger partial charge is 0.468 e. The number of furan rings is 1. The van der Waals surface area contributed by atoms with Crippen molar-refractivity contribution in [2.24, 2.45) is 0 Å². The van der Waals surface area contributed by atoms with Gasteiger partial charge in [-0.15, -0.1) is 0 Å². The highest BCUT2D eigenvalue weighted by atomic mass is 19.1. The molecule has 7 heteroatoms. The topological polar surface area (TPSA) is 63.3 Å². The number of imidazole rings is 1. The van der Waals surface area contributed by atoms with Crippen molar-refractivity contribution in [1.82, 2.24) is 19.8 Å². The zero-order chi connectivity index (χ0) is 19.3. The number of carbonyl (C=O) groups is 1. The maximum absolute atomic E-state index is 13.2. The summed E-state index contributed by atoms with van der Waals surface area (Å²) in [5.74, 6) is 0.308.